The molecule has 3 N–H and O–H groups in total. The number of anilines is 1. The molecule has 1 saturated heterocycles. The van der Waals surface area contributed by atoms with Crippen LogP contribution in [0.3, 0.4) is 0 Å². The molecule has 1 heterocycles. The van der Waals surface area contributed by atoms with Crippen LogP contribution in [0.4, 0.5) is 19.7 Å². The maximum atomic E-state index is 13.0. The monoisotopic (exact) mass is 470 g/mol. The van der Waals surface area contributed by atoms with Gasteiger partial charge in [-0.25, -0.2) is 14.0 Å². The van der Waals surface area contributed by atoms with E-state index in [-0.39, 0.29) is 11.8 Å². The van der Waals surface area contributed by atoms with Gasteiger partial charge >= 0.3 is 12.1 Å². The van der Waals surface area contributed by atoms with Gasteiger partial charge in [-0.15, -0.1) is 0 Å². The molecule has 7 nitrogen and oxygen atoms in total. The first-order chi connectivity index (χ1) is 16.2. The van der Waals surface area contributed by atoms with Crippen LogP contribution < -0.4 is 16.0 Å². The van der Waals surface area contributed by atoms with Crippen molar-refractivity contribution in [2.75, 3.05) is 25.0 Å². The molecule has 3 amide bonds. The average molecular weight is 471 g/mol. The van der Waals surface area contributed by atoms with Crippen LogP contribution in [0.15, 0.2) is 48.5 Å². The number of nitrogens with zero attached hydrogens (tertiary/aromatic N) is 1. The van der Waals surface area contributed by atoms with Crippen LogP contribution in [0, 0.1) is 5.82 Å². The SMILES string of the molecule is CC(C)(C)OC(=O)NCCc1ccc(NC2CCN(C(=O)NCc3ccc(F)cc3)CC2)cc1. The highest BCUT2D eigenvalue weighted by atomic mass is 19.1. The van der Waals surface area contributed by atoms with E-state index in [2.05, 4.69) is 28.1 Å². The molecular formula is C26H35FN4O3. The van der Waals surface area contributed by atoms with Gasteiger partial charge in [0.25, 0.3) is 0 Å². The van der Waals surface area contributed by atoms with Gasteiger partial charge in [-0.1, -0.05) is 24.3 Å². The second-order valence-electron chi connectivity index (χ2n) is 9.57. The van der Waals surface area contributed by atoms with Crippen molar-refractivity contribution >= 4 is 17.8 Å². The Balaban J connectivity index is 1.35. The van der Waals surface area contributed by atoms with Gasteiger partial charge in [0.15, 0.2) is 0 Å². The van der Waals surface area contributed by atoms with Crippen LogP contribution in [0.5, 0.6) is 0 Å². The number of piperidine rings is 1. The van der Waals surface area contributed by atoms with Gasteiger partial charge in [0, 0.05) is 37.9 Å². The fourth-order valence-corrected chi connectivity index (χ4v) is 3.75. The molecule has 3 rings (SSSR count). The molecule has 0 bridgehead atoms. The number of likely N-dealkylation sites (tertiary alicyclic amines) is 1. The number of nitrogens with one attached hydrogen (secondary N) is 3. The summed E-state index contributed by atoms with van der Waals surface area (Å²) in [6.45, 7) is 7.79. The Morgan fingerprint density at radius 3 is 2.21 bits per heavy atom. The van der Waals surface area contributed by atoms with Gasteiger partial charge < -0.3 is 25.6 Å². The number of urea groups is 1. The van der Waals surface area contributed by atoms with E-state index in [1.54, 1.807) is 12.1 Å². The summed E-state index contributed by atoms with van der Waals surface area (Å²) < 4.78 is 18.2. The Bertz CT molecular complexity index is 934. The highest BCUT2D eigenvalue weighted by Crippen LogP contribution is 2.18. The standard InChI is InChI=1S/C26H35FN4O3/c1-26(2,3)34-25(33)28-15-12-19-6-10-22(11-7-19)30-23-13-16-31(17-14-23)24(32)29-18-20-4-8-21(27)9-5-20/h4-11,23,30H,12-18H2,1-3H3,(H,28,33)(H,29,32). The number of rotatable bonds is 7. The molecule has 1 aliphatic heterocycles. The summed E-state index contributed by atoms with van der Waals surface area (Å²) in [5.74, 6) is -0.283. The summed E-state index contributed by atoms with van der Waals surface area (Å²) in [6.07, 6.45) is 2.06. The van der Waals surface area contributed by atoms with E-state index >= 15 is 0 Å². The molecule has 0 atom stereocenters. The first kappa shape index (κ1) is 25.3. The van der Waals surface area contributed by atoms with E-state index in [0.29, 0.717) is 32.2 Å². The highest BCUT2D eigenvalue weighted by molar-refractivity contribution is 5.74. The summed E-state index contributed by atoms with van der Waals surface area (Å²) in [4.78, 5) is 26.0. The lowest BCUT2D eigenvalue weighted by Crippen LogP contribution is -2.46. The van der Waals surface area contributed by atoms with Crippen molar-refractivity contribution in [1.82, 2.24) is 15.5 Å². The van der Waals surface area contributed by atoms with Crippen molar-refractivity contribution in [2.24, 2.45) is 0 Å². The number of amides is 3. The number of alkyl carbamates (subject to hydrolysis) is 1. The van der Waals surface area contributed by atoms with Crippen LogP contribution >= 0.6 is 0 Å². The zero-order chi connectivity index (χ0) is 24.6. The molecule has 0 aliphatic carbocycles. The molecule has 1 fully saturated rings. The van der Waals surface area contributed by atoms with Crippen molar-refractivity contribution < 1.29 is 18.7 Å². The molecule has 2 aromatic rings. The van der Waals surface area contributed by atoms with Gasteiger partial charge in [-0.2, -0.15) is 0 Å². The zero-order valence-electron chi connectivity index (χ0n) is 20.2. The van der Waals surface area contributed by atoms with Crippen molar-refractivity contribution in [3.05, 3.63) is 65.5 Å². The minimum absolute atomic E-state index is 0.0906. The molecule has 1 aliphatic rings. The largest absolute Gasteiger partial charge is 0.444 e. The van der Waals surface area contributed by atoms with E-state index in [1.165, 1.54) is 12.1 Å². The second-order valence-corrected chi connectivity index (χ2v) is 9.57. The van der Waals surface area contributed by atoms with Crippen LogP contribution in [0.2, 0.25) is 0 Å². The normalized spacial score (nSPS) is 14.4. The predicted molar refractivity (Wildman–Crippen MR) is 131 cm³/mol. The third-order valence-corrected chi connectivity index (χ3v) is 5.55. The molecular weight excluding hydrogens is 435 g/mol. The van der Waals surface area contributed by atoms with E-state index in [9.17, 15) is 14.0 Å². The number of carbonyl (C=O) groups is 2. The Morgan fingerprint density at radius 2 is 1.59 bits per heavy atom. The van der Waals surface area contributed by atoms with Gasteiger partial charge in [-0.3, -0.25) is 0 Å². The van der Waals surface area contributed by atoms with E-state index in [4.69, 9.17) is 4.74 Å². The maximum absolute atomic E-state index is 13.0. The van der Waals surface area contributed by atoms with Crippen LogP contribution in [0.25, 0.3) is 0 Å². The summed E-state index contributed by atoms with van der Waals surface area (Å²) in [5, 5.41) is 9.22. The van der Waals surface area contributed by atoms with Crippen molar-refractivity contribution in [3.63, 3.8) is 0 Å². The van der Waals surface area contributed by atoms with Crippen LogP contribution in [-0.2, 0) is 17.7 Å². The number of benzene rings is 2. The van der Waals surface area contributed by atoms with E-state index in [1.807, 2.05) is 37.8 Å². The lowest BCUT2D eigenvalue weighted by molar-refractivity contribution is 0.0528. The summed E-state index contributed by atoms with van der Waals surface area (Å²) >= 11 is 0. The number of hydrogen-bond acceptors (Lipinski definition) is 4. The lowest BCUT2D eigenvalue weighted by atomic mass is 10.0. The minimum Gasteiger partial charge on any atom is -0.444 e. The third kappa shape index (κ3) is 8.57. The smallest absolute Gasteiger partial charge is 0.407 e. The Morgan fingerprint density at radius 1 is 0.971 bits per heavy atom. The van der Waals surface area contributed by atoms with Gasteiger partial charge in [0.05, 0.1) is 0 Å². The first-order valence-corrected chi connectivity index (χ1v) is 11.8. The average Bonchev–Trinajstić information content (AvgIpc) is 2.79. The molecule has 0 spiro atoms. The second kappa shape index (κ2) is 11.7. The summed E-state index contributed by atoms with van der Waals surface area (Å²) in [5.41, 5.74) is 2.55. The lowest BCUT2D eigenvalue weighted by Gasteiger charge is -2.33. The number of hydrogen-bond donors (Lipinski definition) is 3. The van der Waals surface area contributed by atoms with Gasteiger partial charge in [0.2, 0.25) is 0 Å². The topological polar surface area (TPSA) is 82.7 Å². The van der Waals surface area contributed by atoms with Gasteiger partial charge in [0.1, 0.15) is 11.4 Å². The van der Waals surface area contributed by atoms with E-state index < -0.39 is 11.7 Å². The summed E-state index contributed by atoms with van der Waals surface area (Å²) in [7, 11) is 0. The van der Waals surface area contributed by atoms with Crippen LogP contribution in [0.1, 0.15) is 44.7 Å². The molecule has 184 valence electrons. The number of ether oxygens (including phenoxy) is 1. The van der Waals surface area contributed by atoms with Crippen molar-refractivity contribution in [2.45, 2.75) is 58.2 Å². The number of carbonyl (C=O) groups excluding carboxylic acids is 2. The highest BCUT2D eigenvalue weighted by Gasteiger charge is 2.22. The minimum atomic E-state index is -0.499. The summed E-state index contributed by atoms with van der Waals surface area (Å²) in [6, 6.07) is 14.6. The molecule has 0 unspecified atom stereocenters. The molecule has 34 heavy (non-hydrogen) atoms. The van der Waals surface area contributed by atoms with Crippen molar-refractivity contribution in [3.8, 4) is 0 Å². The first-order valence-electron chi connectivity index (χ1n) is 11.8. The molecule has 0 saturated carbocycles. The maximum Gasteiger partial charge on any atom is 0.407 e. The molecule has 8 heteroatoms. The fraction of sp³-hybridized carbons (Fsp3) is 0.462. The van der Waals surface area contributed by atoms with Crippen molar-refractivity contribution in [1.29, 1.82) is 0 Å². The molecule has 2 aromatic carbocycles. The quantitative estimate of drug-likeness (QED) is 0.549. The third-order valence-electron chi connectivity index (χ3n) is 5.55. The van der Waals surface area contributed by atoms with E-state index in [0.717, 1.165) is 36.1 Å². The Labute approximate surface area is 201 Å². The van der Waals surface area contributed by atoms with Crippen LogP contribution in [-0.4, -0.2) is 48.3 Å². The van der Waals surface area contributed by atoms with Gasteiger partial charge in [-0.05, 0) is 75.4 Å². The molecule has 0 aromatic heterocycles. The Kier molecular flexibility index (Phi) is 8.73. The zero-order valence-corrected chi connectivity index (χ0v) is 20.2. The number of halogens is 1. The molecule has 0 radical (unpaired) electrons. The Hall–Kier alpha value is -3.29. The fourth-order valence-electron chi connectivity index (χ4n) is 3.75. The predicted octanol–water partition coefficient (Wildman–Crippen LogP) is 4.68.